The molecule has 16 heteroatoms. The number of hydrogen-bond acceptors (Lipinski definition) is 8. The minimum atomic E-state index is -0.397. The number of H-pyrrole nitrogens is 2. The molecule has 0 amide bonds. The highest BCUT2D eigenvalue weighted by atomic mass is 35.5. The van der Waals surface area contributed by atoms with Gasteiger partial charge in [-0.05, 0) is 61.7 Å². The van der Waals surface area contributed by atoms with Gasteiger partial charge in [-0.2, -0.15) is 0 Å². The van der Waals surface area contributed by atoms with Crippen LogP contribution in [0, 0.1) is 0 Å². The molecular weight excluding hydrogens is 786 g/mol. The lowest BCUT2D eigenvalue weighted by molar-refractivity contribution is -0.678. The zero-order valence-electron chi connectivity index (χ0n) is 29.7. The summed E-state index contributed by atoms with van der Waals surface area (Å²) in [6.07, 6.45) is 0.696. The molecule has 0 unspecified atom stereocenters. The van der Waals surface area contributed by atoms with E-state index in [-0.39, 0.29) is 0 Å². The molecule has 2 aromatic heterocycles. The maximum absolute atomic E-state index is 12.8. The van der Waals surface area contributed by atoms with Crippen LogP contribution in [0.2, 0.25) is 20.1 Å². The number of nitrogens with one attached hydrogen (secondary N) is 2. The van der Waals surface area contributed by atoms with E-state index >= 15 is 0 Å². The highest BCUT2D eigenvalue weighted by Gasteiger charge is 2.30. The summed E-state index contributed by atoms with van der Waals surface area (Å²) in [5, 5.41) is 7.73. The molecule has 2 fully saturated rings. The van der Waals surface area contributed by atoms with E-state index in [9.17, 15) is 9.59 Å². The molecule has 55 heavy (non-hydrogen) atoms. The molecule has 0 spiro atoms. The Morgan fingerprint density at radius 3 is 1.29 bits per heavy atom. The second-order valence-electron chi connectivity index (χ2n) is 13.7. The highest BCUT2D eigenvalue weighted by molar-refractivity contribution is 6.44. The smallest absolute Gasteiger partial charge is 0.368 e. The van der Waals surface area contributed by atoms with Crippen molar-refractivity contribution in [3.8, 4) is 11.4 Å². The van der Waals surface area contributed by atoms with Crippen LogP contribution in [0.25, 0.3) is 11.4 Å². The van der Waals surface area contributed by atoms with Gasteiger partial charge in [0, 0.05) is 76.6 Å². The van der Waals surface area contributed by atoms with Gasteiger partial charge in [-0.3, -0.25) is 18.8 Å². The predicted octanol–water partition coefficient (Wildman–Crippen LogP) is 5.65. The fourth-order valence-electron chi connectivity index (χ4n) is 7.22. The Hall–Kier alpha value is -4.56. The first-order valence-corrected chi connectivity index (χ1v) is 19.5. The third-order valence-corrected chi connectivity index (χ3v) is 11.9. The first-order chi connectivity index (χ1) is 26.7. The summed E-state index contributed by atoms with van der Waals surface area (Å²) in [5.74, 6) is 0. The highest BCUT2D eigenvalue weighted by Crippen LogP contribution is 2.34. The van der Waals surface area contributed by atoms with Gasteiger partial charge in [0.1, 0.15) is 0 Å². The Balaban J connectivity index is 0.875. The molecule has 0 saturated carbocycles. The Labute approximate surface area is 336 Å². The van der Waals surface area contributed by atoms with Crippen LogP contribution in [0.3, 0.4) is 0 Å². The molecule has 2 aliphatic heterocycles. The monoisotopic (exact) mass is 822 g/mol. The third kappa shape index (κ3) is 8.07. The van der Waals surface area contributed by atoms with Crippen molar-refractivity contribution in [1.29, 1.82) is 0 Å². The summed E-state index contributed by atoms with van der Waals surface area (Å²) in [4.78, 5) is 34.4. The third-order valence-electron chi connectivity index (χ3n) is 10.3. The fraction of sp³-hybridized carbons (Fsp3) is 0.282. The van der Waals surface area contributed by atoms with Gasteiger partial charge in [0.15, 0.2) is 0 Å². The number of aromatic nitrogens is 4. The zero-order valence-corrected chi connectivity index (χ0v) is 32.7. The molecule has 8 rings (SSSR count). The molecule has 0 atom stereocenters. The molecular formula is C39H38Cl4N8O4+2. The second-order valence-corrected chi connectivity index (χ2v) is 15.3. The van der Waals surface area contributed by atoms with Crippen molar-refractivity contribution in [3.05, 3.63) is 148 Å². The van der Waals surface area contributed by atoms with E-state index in [0.29, 0.717) is 51.0 Å². The van der Waals surface area contributed by atoms with Crippen molar-refractivity contribution in [3.63, 3.8) is 0 Å². The Morgan fingerprint density at radius 1 is 0.527 bits per heavy atom. The minimum Gasteiger partial charge on any atom is -0.368 e. The minimum absolute atomic E-state index is 0.397. The average Bonchev–Trinajstić information content (AvgIpc) is 3.75. The van der Waals surface area contributed by atoms with Crippen LogP contribution in [0.5, 0.6) is 0 Å². The van der Waals surface area contributed by atoms with Crippen molar-refractivity contribution in [2.75, 3.05) is 62.2 Å². The Bertz CT molecular complexity index is 2230. The van der Waals surface area contributed by atoms with Gasteiger partial charge < -0.3 is 9.80 Å². The van der Waals surface area contributed by atoms with Gasteiger partial charge in [0.25, 0.3) is 0 Å². The maximum atomic E-state index is 12.8. The van der Waals surface area contributed by atoms with E-state index in [1.165, 1.54) is 0 Å². The van der Waals surface area contributed by atoms with E-state index in [2.05, 4.69) is 30.1 Å². The number of aromatic amines is 2. The van der Waals surface area contributed by atoms with E-state index in [4.69, 9.17) is 55.4 Å². The number of anilines is 2. The SMILES string of the molecule is O=c1o[nH][n+](-c2ccc(Cc3ccc(-[n+]4[nH]oc(=O)c4CN4CCN(c5cccc(Cl)c5Cl)CC4)cc3)cc2)c1CN1CCN(c2cccc(Cl)c2Cl)CC1. The molecule has 0 aliphatic carbocycles. The lowest BCUT2D eigenvalue weighted by Gasteiger charge is -2.35. The van der Waals surface area contributed by atoms with Crippen LogP contribution in [0.1, 0.15) is 22.5 Å². The fourth-order valence-corrected chi connectivity index (χ4v) is 8.05. The van der Waals surface area contributed by atoms with Crippen LogP contribution in [0.4, 0.5) is 11.4 Å². The van der Waals surface area contributed by atoms with Crippen molar-refractivity contribution in [2.45, 2.75) is 19.5 Å². The number of halogens is 4. The summed E-state index contributed by atoms with van der Waals surface area (Å²) in [5.41, 5.74) is 5.89. The first-order valence-electron chi connectivity index (χ1n) is 18.0. The summed E-state index contributed by atoms with van der Waals surface area (Å²) in [6, 6.07) is 27.4. The summed E-state index contributed by atoms with van der Waals surface area (Å²) >= 11 is 25.4. The molecule has 0 radical (unpaired) electrons. The predicted molar refractivity (Wildman–Crippen MR) is 212 cm³/mol. The van der Waals surface area contributed by atoms with E-state index < -0.39 is 11.3 Å². The van der Waals surface area contributed by atoms with Crippen molar-refractivity contribution in [2.24, 2.45) is 0 Å². The molecule has 6 aromatic rings. The summed E-state index contributed by atoms with van der Waals surface area (Å²) in [7, 11) is 0. The number of piperazine rings is 2. The lowest BCUT2D eigenvalue weighted by atomic mass is 10.0. The quantitative estimate of drug-likeness (QED) is 0.171. The standard InChI is InChI=1S/C39H36Cl4N8O4/c40-30-3-1-5-32(36(30)42)48-19-15-46(16-20-48)24-34-38(52)54-44-50(34)28-11-7-26(8-12-28)23-27-9-13-29(14-10-27)51-35(39(53)55-45-51)25-47-17-21-49(22-18-47)33-6-2-4-31(41)37(33)43/h1-14H,15-25H2/p+2. The van der Waals surface area contributed by atoms with Crippen LogP contribution in [0.15, 0.2) is 104 Å². The average molecular weight is 825 g/mol. The number of rotatable bonds is 10. The summed E-state index contributed by atoms with van der Waals surface area (Å²) in [6.45, 7) is 6.90. The molecule has 12 nitrogen and oxygen atoms in total. The van der Waals surface area contributed by atoms with Crippen molar-refractivity contribution < 1.29 is 18.4 Å². The molecule has 0 bridgehead atoms. The maximum Gasteiger partial charge on any atom is 0.431 e. The van der Waals surface area contributed by atoms with E-state index in [0.717, 1.165) is 86.2 Å². The van der Waals surface area contributed by atoms with E-state index in [1.807, 2.05) is 72.8 Å². The first kappa shape index (κ1) is 37.4. The van der Waals surface area contributed by atoms with Gasteiger partial charge in [-0.25, -0.2) is 9.59 Å². The molecule has 2 aliphatic rings. The number of benzene rings is 4. The molecule has 2 N–H and O–H groups in total. The van der Waals surface area contributed by atoms with Crippen LogP contribution in [-0.2, 0) is 19.5 Å². The second kappa shape index (κ2) is 16.3. The van der Waals surface area contributed by atoms with Crippen molar-refractivity contribution >= 4 is 57.8 Å². The van der Waals surface area contributed by atoms with Gasteiger partial charge >= 0.3 is 22.6 Å². The van der Waals surface area contributed by atoms with Gasteiger partial charge in [0.2, 0.25) is 11.4 Å². The molecule has 4 aromatic carbocycles. The Kier molecular flexibility index (Phi) is 11.1. The van der Waals surface area contributed by atoms with Gasteiger partial charge in [-0.1, -0.05) is 82.8 Å². The normalized spacial score (nSPS) is 15.6. The van der Waals surface area contributed by atoms with Crippen LogP contribution < -0.4 is 30.4 Å². The van der Waals surface area contributed by atoms with Crippen LogP contribution in [-0.4, -0.2) is 72.7 Å². The lowest BCUT2D eigenvalue weighted by Crippen LogP contribution is -2.49. The van der Waals surface area contributed by atoms with Gasteiger partial charge in [0.05, 0.1) is 44.6 Å². The largest absolute Gasteiger partial charge is 0.431 e. The van der Waals surface area contributed by atoms with Crippen molar-refractivity contribution in [1.82, 2.24) is 20.3 Å². The molecule has 2 saturated heterocycles. The molecule has 284 valence electrons. The number of hydrogen-bond donors (Lipinski definition) is 2. The zero-order chi connectivity index (χ0) is 38.1. The Morgan fingerprint density at radius 2 is 0.909 bits per heavy atom. The summed E-state index contributed by atoms with van der Waals surface area (Å²) < 4.78 is 13.9. The molecule has 4 heterocycles. The van der Waals surface area contributed by atoms with E-state index in [1.54, 1.807) is 21.5 Å². The number of nitrogens with zero attached hydrogens (tertiary/aromatic N) is 6. The topological polar surface area (TPSA) is 113 Å². The van der Waals surface area contributed by atoms with Crippen LogP contribution >= 0.6 is 46.4 Å². The van der Waals surface area contributed by atoms with Gasteiger partial charge in [-0.15, -0.1) is 0 Å².